The van der Waals surface area contributed by atoms with Crippen LogP contribution in [0, 0.1) is 12.7 Å². The minimum Gasteiger partial charge on any atom is -0.321 e. The zero-order valence-corrected chi connectivity index (χ0v) is 15.1. The van der Waals surface area contributed by atoms with E-state index in [0.29, 0.717) is 17.8 Å². The third-order valence-corrected chi connectivity index (χ3v) is 4.33. The summed E-state index contributed by atoms with van der Waals surface area (Å²) in [5.41, 5.74) is -1.04. The first-order valence-electron chi connectivity index (χ1n) is 8.08. The number of nitrogens with zero attached hydrogens (tertiary/aromatic N) is 3. The molecular weight excluding hydrogens is 390 g/mol. The molecule has 148 valence electrons. The number of hydrogen-bond donors (Lipinski definition) is 2. The van der Waals surface area contributed by atoms with Crippen LogP contribution < -0.4 is 10.6 Å². The molecule has 0 aliphatic carbocycles. The molecule has 6 nitrogen and oxygen atoms in total. The molecule has 3 rings (SSSR count). The fourth-order valence-electron chi connectivity index (χ4n) is 2.96. The van der Waals surface area contributed by atoms with Crippen molar-refractivity contribution in [3.8, 4) is 0 Å². The number of benzene rings is 1. The average Bonchev–Trinajstić information content (AvgIpc) is 2.98. The van der Waals surface area contributed by atoms with E-state index in [1.54, 1.807) is 11.6 Å². The van der Waals surface area contributed by atoms with Gasteiger partial charge in [-0.05, 0) is 51.1 Å². The Morgan fingerprint density at radius 1 is 1.30 bits per heavy atom. The van der Waals surface area contributed by atoms with Crippen LogP contribution in [0.1, 0.15) is 40.6 Å². The minimum atomic E-state index is -4.85. The van der Waals surface area contributed by atoms with E-state index >= 15 is 0 Å². The highest BCUT2D eigenvalue weighted by Gasteiger charge is 2.34. The summed E-state index contributed by atoms with van der Waals surface area (Å²) in [6.07, 6.45) is -3.16. The van der Waals surface area contributed by atoms with Crippen molar-refractivity contribution < 1.29 is 22.4 Å². The lowest BCUT2D eigenvalue weighted by molar-refractivity contribution is -0.139. The van der Waals surface area contributed by atoms with Crippen molar-refractivity contribution in [1.29, 1.82) is 0 Å². The van der Waals surface area contributed by atoms with Gasteiger partial charge in [-0.2, -0.15) is 13.2 Å². The third-order valence-electron chi connectivity index (χ3n) is 4.33. The maximum absolute atomic E-state index is 13.3. The maximum Gasteiger partial charge on any atom is 0.419 e. The molecule has 0 bridgehead atoms. The molecule has 1 aromatic heterocycles. The number of rotatable bonds is 3. The van der Waals surface area contributed by atoms with Crippen molar-refractivity contribution in [2.45, 2.75) is 32.0 Å². The van der Waals surface area contributed by atoms with Crippen LogP contribution in [0.3, 0.4) is 0 Å². The summed E-state index contributed by atoms with van der Waals surface area (Å²) >= 11 is 0. The Labute approximate surface area is 158 Å². The van der Waals surface area contributed by atoms with Gasteiger partial charge in [0.1, 0.15) is 5.82 Å². The molecule has 0 radical (unpaired) electrons. The summed E-state index contributed by atoms with van der Waals surface area (Å²) in [6.45, 7) is 3.35. The number of anilines is 1. The van der Waals surface area contributed by atoms with E-state index in [2.05, 4.69) is 20.9 Å². The summed E-state index contributed by atoms with van der Waals surface area (Å²) in [5, 5.41) is 13.4. The lowest BCUT2D eigenvalue weighted by atomic mass is 10.1. The molecule has 1 saturated heterocycles. The summed E-state index contributed by atoms with van der Waals surface area (Å²) in [7, 11) is 0. The van der Waals surface area contributed by atoms with Crippen LogP contribution in [0.4, 0.5) is 23.2 Å². The van der Waals surface area contributed by atoms with E-state index in [-0.39, 0.29) is 29.8 Å². The Morgan fingerprint density at radius 2 is 1.96 bits per heavy atom. The largest absolute Gasteiger partial charge is 0.419 e. The van der Waals surface area contributed by atoms with Crippen LogP contribution in [0.25, 0.3) is 0 Å². The molecule has 1 aliphatic rings. The van der Waals surface area contributed by atoms with Gasteiger partial charge in [0.25, 0.3) is 5.91 Å². The molecule has 11 heteroatoms. The Kier molecular flexibility index (Phi) is 6.42. The number of carbonyl (C=O) groups is 1. The number of piperidine rings is 1. The van der Waals surface area contributed by atoms with Gasteiger partial charge in [0.05, 0.1) is 17.3 Å². The van der Waals surface area contributed by atoms with Crippen LogP contribution in [-0.2, 0) is 6.18 Å². The molecule has 2 aromatic rings. The number of hydrogen-bond acceptors (Lipinski definition) is 4. The van der Waals surface area contributed by atoms with Gasteiger partial charge in [-0.1, -0.05) is 5.21 Å². The predicted molar refractivity (Wildman–Crippen MR) is 92.5 cm³/mol. The van der Waals surface area contributed by atoms with E-state index < -0.39 is 23.5 Å². The van der Waals surface area contributed by atoms with Crippen molar-refractivity contribution >= 4 is 24.0 Å². The normalized spacial score (nSPS) is 15.3. The topological polar surface area (TPSA) is 71.8 Å². The van der Waals surface area contributed by atoms with Crippen molar-refractivity contribution in [3.05, 3.63) is 41.0 Å². The summed E-state index contributed by atoms with van der Waals surface area (Å²) in [4.78, 5) is 12.4. The molecule has 1 aliphatic heterocycles. The van der Waals surface area contributed by atoms with Crippen molar-refractivity contribution in [2.24, 2.45) is 0 Å². The molecule has 1 fully saturated rings. The van der Waals surface area contributed by atoms with Crippen LogP contribution in [0.5, 0.6) is 0 Å². The maximum atomic E-state index is 13.3. The lowest BCUT2D eigenvalue weighted by Gasteiger charge is -2.23. The Morgan fingerprint density at radius 3 is 2.59 bits per heavy atom. The molecule has 1 aromatic carbocycles. The molecular formula is C16H18ClF4N5O. The number of aromatic nitrogens is 3. The average molecular weight is 408 g/mol. The van der Waals surface area contributed by atoms with Gasteiger partial charge in [-0.25, -0.2) is 9.07 Å². The second-order valence-corrected chi connectivity index (χ2v) is 6.10. The zero-order valence-electron chi connectivity index (χ0n) is 14.3. The summed E-state index contributed by atoms with van der Waals surface area (Å²) in [5.74, 6) is -2.09. The Balaban J connectivity index is 0.00000261. The van der Waals surface area contributed by atoms with Crippen molar-refractivity contribution in [1.82, 2.24) is 20.3 Å². The highest BCUT2D eigenvalue weighted by molar-refractivity contribution is 6.03. The molecule has 0 spiro atoms. The van der Waals surface area contributed by atoms with Gasteiger partial charge in [0, 0.05) is 5.69 Å². The van der Waals surface area contributed by atoms with Crippen LogP contribution in [0.15, 0.2) is 18.2 Å². The first-order valence-corrected chi connectivity index (χ1v) is 8.08. The van der Waals surface area contributed by atoms with Gasteiger partial charge >= 0.3 is 6.18 Å². The van der Waals surface area contributed by atoms with E-state index in [4.69, 9.17) is 0 Å². The van der Waals surface area contributed by atoms with Crippen LogP contribution >= 0.6 is 12.4 Å². The van der Waals surface area contributed by atoms with Crippen molar-refractivity contribution in [3.63, 3.8) is 0 Å². The van der Waals surface area contributed by atoms with Gasteiger partial charge in [-0.15, -0.1) is 17.5 Å². The molecule has 2 heterocycles. The van der Waals surface area contributed by atoms with Crippen LogP contribution in [-0.4, -0.2) is 34.0 Å². The minimum absolute atomic E-state index is 0. The van der Waals surface area contributed by atoms with Gasteiger partial charge < -0.3 is 10.6 Å². The number of alkyl halides is 3. The fraction of sp³-hybridized carbons (Fsp3) is 0.438. The van der Waals surface area contributed by atoms with E-state index in [0.717, 1.165) is 32.0 Å². The first kappa shape index (κ1) is 21.1. The van der Waals surface area contributed by atoms with E-state index in [1.165, 1.54) is 0 Å². The Hall–Kier alpha value is -2.20. The second-order valence-electron chi connectivity index (χ2n) is 6.10. The van der Waals surface area contributed by atoms with Gasteiger partial charge in [0.2, 0.25) is 0 Å². The van der Waals surface area contributed by atoms with Gasteiger partial charge in [-0.3, -0.25) is 4.79 Å². The van der Waals surface area contributed by atoms with Crippen molar-refractivity contribution in [2.75, 3.05) is 18.4 Å². The number of halogens is 5. The number of nitrogens with one attached hydrogen (secondary N) is 2. The molecule has 0 saturated carbocycles. The lowest BCUT2D eigenvalue weighted by Crippen LogP contribution is -2.30. The quantitative estimate of drug-likeness (QED) is 0.765. The standard InChI is InChI=1S/C16H17F4N5O.ClH/c1-9-14(23-24-25(9)11-4-6-21-7-5-11)15(26)22-10-2-3-13(17)12(8-10)16(18,19)20;/h2-3,8,11,21H,4-7H2,1H3,(H,22,26);1H. The summed E-state index contributed by atoms with van der Waals surface area (Å²) < 4.78 is 53.3. The molecule has 0 atom stereocenters. The smallest absolute Gasteiger partial charge is 0.321 e. The zero-order chi connectivity index (χ0) is 18.9. The molecule has 0 unspecified atom stereocenters. The Bertz CT molecular complexity index is 818. The molecule has 27 heavy (non-hydrogen) atoms. The number of amides is 1. The first-order chi connectivity index (χ1) is 12.3. The monoisotopic (exact) mass is 407 g/mol. The fourth-order valence-corrected chi connectivity index (χ4v) is 2.96. The molecule has 1 amide bonds. The number of carbonyl (C=O) groups excluding carboxylic acids is 1. The highest BCUT2D eigenvalue weighted by Crippen LogP contribution is 2.33. The summed E-state index contributed by atoms with van der Waals surface area (Å²) in [6, 6.07) is 2.40. The van der Waals surface area contributed by atoms with Gasteiger partial charge in [0.15, 0.2) is 5.69 Å². The highest BCUT2D eigenvalue weighted by atomic mass is 35.5. The predicted octanol–water partition coefficient (Wildman–Crippen LogP) is 3.34. The van der Waals surface area contributed by atoms with Crippen LogP contribution in [0.2, 0.25) is 0 Å². The van der Waals surface area contributed by atoms with E-state index in [1.807, 2.05) is 0 Å². The third kappa shape index (κ3) is 4.56. The van der Waals surface area contributed by atoms with E-state index in [9.17, 15) is 22.4 Å². The SMILES string of the molecule is Cc1c(C(=O)Nc2ccc(F)c(C(F)(F)F)c2)nnn1C1CCNCC1.Cl. The molecule has 2 N–H and O–H groups in total. The second kappa shape index (κ2) is 8.22.